The minimum atomic E-state index is -1.34. The Hall–Kier alpha value is -2.49. The van der Waals surface area contributed by atoms with Crippen molar-refractivity contribution < 1.29 is 23.0 Å². The fraction of sp³-hybridized carbons (Fsp3) is 0.593. The molecule has 3 atom stereocenters. The van der Waals surface area contributed by atoms with Crippen LogP contribution in [-0.2, 0) is 20.6 Å². The van der Waals surface area contributed by atoms with E-state index >= 15 is 4.39 Å². The molecule has 5 rings (SSSR count). The highest BCUT2D eigenvalue weighted by Crippen LogP contribution is 2.45. The van der Waals surface area contributed by atoms with Gasteiger partial charge in [-0.15, -0.1) is 0 Å². The van der Waals surface area contributed by atoms with E-state index < -0.39 is 5.67 Å². The van der Waals surface area contributed by atoms with Gasteiger partial charge in [-0.1, -0.05) is 18.2 Å². The molecule has 0 saturated carbocycles. The number of alkyl halides is 2. The van der Waals surface area contributed by atoms with Crippen LogP contribution in [0.3, 0.4) is 0 Å². The van der Waals surface area contributed by atoms with Gasteiger partial charge in [-0.3, -0.25) is 14.3 Å². The maximum Gasteiger partial charge on any atom is 0.212 e. The number of para-hydroxylation sites is 1. The normalized spacial score (nSPS) is 25.6. The van der Waals surface area contributed by atoms with Crippen molar-refractivity contribution in [3.8, 4) is 0 Å². The molecule has 36 heavy (non-hydrogen) atoms. The third-order valence-corrected chi connectivity index (χ3v) is 7.46. The molecule has 0 bridgehead atoms. The van der Waals surface area contributed by atoms with Gasteiger partial charge in [0.25, 0.3) is 0 Å². The Morgan fingerprint density at radius 1 is 1.28 bits per heavy atom. The van der Waals surface area contributed by atoms with Gasteiger partial charge in [-0.25, -0.2) is 4.39 Å². The quantitative estimate of drug-likeness (QED) is 0.485. The van der Waals surface area contributed by atoms with E-state index in [2.05, 4.69) is 40.3 Å². The molecule has 7 nitrogen and oxygen atoms in total. The SMILES string of the molecule is COC1=CC(OCCNCCCF)=NCC1[C@@H]1c2[nH]c3ccccc3c2C[C@@H](C)N1CC1(F)COC1. The third-order valence-electron chi connectivity index (χ3n) is 7.46. The van der Waals surface area contributed by atoms with Crippen LogP contribution in [0, 0.1) is 5.92 Å². The van der Waals surface area contributed by atoms with E-state index in [0.29, 0.717) is 45.1 Å². The summed E-state index contributed by atoms with van der Waals surface area (Å²) in [7, 11) is 1.67. The van der Waals surface area contributed by atoms with Crippen LogP contribution in [0.1, 0.15) is 30.6 Å². The lowest BCUT2D eigenvalue weighted by Gasteiger charge is -2.48. The number of hydrogen-bond acceptors (Lipinski definition) is 6. The van der Waals surface area contributed by atoms with E-state index in [4.69, 9.17) is 19.2 Å². The fourth-order valence-electron chi connectivity index (χ4n) is 5.62. The van der Waals surface area contributed by atoms with Crippen LogP contribution < -0.4 is 5.32 Å². The Kier molecular flexibility index (Phi) is 7.60. The average molecular weight is 503 g/mol. The van der Waals surface area contributed by atoms with E-state index in [1.165, 1.54) is 10.9 Å². The molecule has 0 aliphatic carbocycles. The second kappa shape index (κ2) is 10.9. The molecule has 196 valence electrons. The van der Waals surface area contributed by atoms with Crippen LogP contribution >= 0.6 is 0 Å². The van der Waals surface area contributed by atoms with Gasteiger partial charge in [0.05, 0.1) is 45.5 Å². The second-order valence-electron chi connectivity index (χ2n) is 10.1. The highest BCUT2D eigenvalue weighted by atomic mass is 19.1. The van der Waals surface area contributed by atoms with Crippen molar-refractivity contribution in [3.05, 3.63) is 47.4 Å². The van der Waals surface area contributed by atoms with E-state index in [1.54, 1.807) is 7.11 Å². The smallest absolute Gasteiger partial charge is 0.212 e. The van der Waals surface area contributed by atoms with Crippen LogP contribution in [-0.4, -0.2) is 87.3 Å². The van der Waals surface area contributed by atoms with Crippen molar-refractivity contribution in [2.24, 2.45) is 10.9 Å². The number of fused-ring (bicyclic) bond motifs is 3. The summed E-state index contributed by atoms with van der Waals surface area (Å²) in [4.78, 5) is 10.7. The Bertz CT molecular complexity index is 1110. The van der Waals surface area contributed by atoms with E-state index in [0.717, 1.165) is 23.4 Å². The second-order valence-corrected chi connectivity index (χ2v) is 10.1. The molecular weight excluding hydrogens is 466 g/mol. The van der Waals surface area contributed by atoms with Crippen molar-refractivity contribution in [1.82, 2.24) is 15.2 Å². The lowest BCUT2D eigenvalue weighted by Crippen LogP contribution is -2.58. The molecular formula is C27H36F2N4O3. The zero-order valence-corrected chi connectivity index (χ0v) is 21.1. The number of H-pyrrole nitrogens is 1. The molecule has 3 aliphatic heterocycles. The highest BCUT2D eigenvalue weighted by molar-refractivity contribution is 5.89. The number of nitrogens with zero attached hydrogens (tertiary/aromatic N) is 2. The maximum atomic E-state index is 15.4. The van der Waals surface area contributed by atoms with Crippen LogP contribution in [0.15, 0.2) is 41.1 Å². The third kappa shape index (κ3) is 5.01. The molecule has 4 heterocycles. The first-order chi connectivity index (χ1) is 17.5. The number of methoxy groups -OCH3 is 1. The van der Waals surface area contributed by atoms with Crippen molar-refractivity contribution >= 4 is 16.8 Å². The molecule has 1 unspecified atom stereocenters. The minimum absolute atomic E-state index is 0.0933. The number of aromatic amines is 1. The monoisotopic (exact) mass is 502 g/mol. The fourth-order valence-corrected chi connectivity index (χ4v) is 5.62. The largest absolute Gasteiger partial charge is 0.500 e. The molecule has 1 aromatic carbocycles. The summed E-state index contributed by atoms with van der Waals surface area (Å²) in [6, 6.07) is 8.36. The van der Waals surface area contributed by atoms with Gasteiger partial charge in [0, 0.05) is 41.8 Å². The predicted octanol–water partition coefficient (Wildman–Crippen LogP) is 3.72. The van der Waals surface area contributed by atoms with Crippen molar-refractivity contribution in [2.75, 3.05) is 59.8 Å². The number of nitrogens with one attached hydrogen (secondary N) is 2. The number of ether oxygens (including phenoxy) is 3. The molecule has 2 aromatic rings. The number of rotatable bonds is 10. The maximum absolute atomic E-state index is 15.4. The first-order valence-corrected chi connectivity index (χ1v) is 12.8. The average Bonchev–Trinajstić information content (AvgIpc) is 3.23. The molecule has 0 radical (unpaired) electrons. The number of aromatic nitrogens is 1. The zero-order chi connectivity index (χ0) is 25.1. The Labute approximate surface area is 210 Å². The van der Waals surface area contributed by atoms with Gasteiger partial charge in [0.1, 0.15) is 12.4 Å². The summed E-state index contributed by atoms with van der Waals surface area (Å²) in [5.41, 5.74) is 2.16. The van der Waals surface area contributed by atoms with E-state index in [9.17, 15) is 4.39 Å². The van der Waals surface area contributed by atoms with Crippen LogP contribution in [0.2, 0.25) is 0 Å². The number of benzene rings is 1. The van der Waals surface area contributed by atoms with Gasteiger partial charge in [-0.2, -0.15) is 0 Å². The lowest BCUT2D eigenvalue weighted by molar-refractivity contribution is -0.151. The summed E-state index contributed by atoms with van der Waals surface area (Å²) in [6.07, 6.45) is 3.19. The molecule has 0 spiro atoms. The standard InChI is InChI=1S/C27H36F2N4O3/c1-18-12-20-19-6-3-4-7-22(19)32-25(20)26(33(18)15-27(29)16-35-17-27)21-14-31-24(13-23(21)34-2)36-11-10-30-9-5-8-28/h3-4,6-7,13,18,21,26,30,32H,5,8-12,14-17H2,1-2H3/t18-,21?,26-/m1/s1. The van der Waals surface area contributed by atoms with Gasteiger partial charge >= 0.3 is 0 Å². The van der Waals surface area contributed by atoms with E-state index in [1.807, 2.05) is 12.1 Å². The number of hydrogen-bond donors (Lipinski definition) is 2. The molecule has 1 fully saturated rings. The molecule has 1 aromatic heterocycles. The lowest BCUT2D eigenvalue weighted by atomic mass is 9.82. The molecule has 0 amide bonds. The Balaban J connectivity index is 1.40. The van der Waals surface area contributed by atoms with Crippen LogP contribution in [0.25, 0.3) is 10.9 Å². The van der Waals surface area contributed by atoms with Crippen LogP contribution in [0.5, 0.6) is 0 Å². The van der Waals surface area contributed by atoms with Crippen molar-refractivity contribution in [2.45, 2.75) is 37.5 Å². The van der Waals surface area contributed by atoms with Crippen molar-refractivity contribution in [1.29, 1.82) is 0 Å². The molecule has 2 N–H and O–H groups in total. The number of aliphatic imine (C=N–C) groups is 1. The molecule has 3 aliphatic rings. The first kappa shape index (κ1) is 25.2. The Morgan fingerprint density at radius 3 is 2.86 bits per heavy atom. The molecule has 9 heteroatoms. The summed E-state index contributed by atoms with van der Waals surface area (Å²) < 4.78 is 44.6. The minimum Gasteiger partial charge on any atom is -0.500 e. The predicted molar refractivity (Wildman–Crippen MR) is 136 cm³/mol. The van der Waals surface area contributed by atoms with Gasteiger partial charge in [-0.05, 0) is 37.9 Å². The van der Waals surface area contributed by atoms with Gasteiger partial charge < -0.3 is 24.5 Å². The van der Waals surface area contributed by atoms with E-state index in [-0.39, 0.29) is 37.9 Å². The van der Waals surface area contributed by atoms with Gasteiger partial charge in [0.15, 0.2) is 5.67 Å². The number of halogens is 2. The summed E-state index contributed by atoms with van der Waals surface area (Å²) >= 11 is 0. The summed E-state index contributed by atoms with van der Waals surface area (Å²) in [5.74, 6) is 1.21. The highest BCUT2D eigenvalue weighted by Gasteiger charge is 2.48. The molecule has 1 saturated heterocycles. The Morgan fingerprint density at radius 2 is 2.11 bits per heavy atom. The first-order valence-electron chi connectivity index (χ1n) is 12.8. The zero-order valence-electron chi connectivity index (χ0n) is 21.1. The topological polar surface area (TPSA) is 71.1 Å². The number of dihydropyridines is 1. The summed E-state index contributed by atoms with van der Waals surface area (Å²) in [6.45, 7) is 4.57. The summed E-state index contributed by atoms with van der Waals surface area (Å²) in [5, 5.41) is 4.37. The van der Waals surface area contributed by atoms with Gasteiger partial charge in [0.2, 0.25) is 5.90 Å². The van der Waals surface area contributed by atoms with Crippen LogP contribution in [0.4, 0.5) is 8.78 Å². The van der Waals surface area contributed by atoms with Crippen molar-refractivity contribution in [3.63, 3.8) is 0 Å².